The topological polar surface area (TPSA) is 90.4 Å². The van der Waals surface area contributed by atoms with Crippen LogP contribution in [0.2, 0.25) is 5.02 Å². The van der Waals surface area contributed by atoms with Crippen molar-refractivity contribution in [2.45, 2.75) is 48.8 Å². The third kappa shape index (κ3) is 6.97. The number of β-amino-alcohol motifs (C(OH)–C–C–N with tert-alkyl or cyclic N) is 1. The minimum absolute atomic E-state index is 0.0170. The highest BCUT2D eigenvalue weighted by Gasteiger charge is 2.45. The van der Waals surface area contributed by atoms with Crippen LogP contribution in [0.4, 0.5) is 18.0 Å². The van der Waals surface area contributed by atoms with E-state index >= 15 is 0 Å². The van der Waals surface area contributed by atoms with Crippen molar-refractivity contribution in [2.75, 3.05) is 45.9 Å². The van der Waals surface area contributed by atoms with Crippen molar-refractivity contribution in [2.24, 2.45) is 0 Å². The monoisotopic (exact) mass is 527 g/mol. The maximum Gasteiger partial charge on any atom is 0.409 e. The van der Waals surface area contributed by atoms with Gasteiger partial charge >= 0.3 is 12.3 Å². The molecule has 2 heterocycles. The minimum atomic E-state index is -4.55. The number of piperazine rings is 1. The van der Waals surface area contributed by atoms with Crippen LogP contribution in [-0.4, -0.2) is 97.9 Å². The summed E-state index contributed by atoms with van der Waals surface area (Å²) in [5.41, 5.74) is 0. The molecule has 0 saturated carbocycles. The summed E-state index contributed by atoms with van der Waals surface area (Å²) >= 11 is 5.84. The smallest absolute Gasteiger partial charge is 0.409 e. The van der Waals surface area contributed by atoms with E-state index in [1.807, 2.05) is 4.90 Å². The summed E-state index contributed by atoms with van der Waals surface area (Å²) in [6.07, 6.45) is -5.74. The molecule has 0 aromatic heterocycles. The van der Waals surface area contributed by atoms with Crippen LogP contribution in [0.15, 0.2) is 29.2 Å². The van der Waals surface area contributed by atoms with Crippen molar-refractivity contribution in [1.29, 1.82) is 0 Å². The second kappa shape index (κ2) is 11.4. The summed E-state index contributed by atoms with van der Waals surface area (Å²) in [6.45, 7) is 2.07. The van der Waals surface area contributed by atoms with E-state index in [2.05, 4.69) is 0 Å². The van der Waals surface area contributed by atoms with Gasteiger partial charge in [-0.2, -0.15) is 17.5 Å². The average molecular weight is 528 g/mol. The first-order chi connectivity index (χ1) is 16.0. The number of aliphatic hydroxyl groups excluding tert-OH is 1. The molecule has 0 spiro atoms. The van der Waals surface area contributed by atoms with Crippen molar-refractivity contribution in [1.82, 2.24) is 14.1 Å². The number of piperidine rings is 1. The number of amides is 1. The second-order valence-electron chi connectivity index (χ2n) is 8.48. The SMILES string of the molecule is O=C(OC[C@@H]1CCC[C@H](CC(F)(F)F)N1S(=O)(=O)c1ccc(Cl)cc1)N1CCN(CCO)CC1. The zero-order valence-corrected chi connectivity index (χ0v) is 20.2. The number of carbonyl (C=O) groups is 1. The van der Waals surface area contributed by atoms with Gasteiger partial charge in [0.05, 0.1) is 24.0 Å². The molecule has 0 unspecified atom stereocenters. The van der Waals surface area contributed by atoms with Crippen LogP contribution >= 0.6 is 11.6 Å². The Kier molecular flexibility index (Phi) is 9.07. The highest BCUT2D eigenvalue weighted by molar-refractivity contribution is 7.89. The zero-order chi connectivity index (χ0) is 24.9. The van der Waals surface area contributed by atoms with Gasteiger partial charge in [0.1, 0.15) is 6.61 Å². The molecule has 3 rings (SSSR count). The highest BCUT2D eigenvalue weighted by atomic mass is 35.5. The molecule has 2 aliphatic heterocycles. The standard InChI is InChI=1S/C21H29ClF3N3O5S/c22-16-4-6-19(7-5-16)34(31,32)28-17(14-21(23,24)25)2-1-3-18(28)15-33-20(30)27-10-8-26(9-11-27)12-13-29/h4-7,17-18,29H,1-3,8-15H2/t17-,18+/m1/s1. The van der Waals surface area contributed by atoms with E-state index in [9.17, 15) is 26.4 Å². The van der Waals surface area contributed by atoms with Crippen molar-refractivity contribution >= 4 is 27.7 Å². The van der Waals surface area contributed by atoms with Crippen LogP contribution in [0.1, 0.15) is 25.7 Å². The maximum atomic E-state index is 13.4. The first-order valence-corrected chi connectivity index (χ1v) is 12.9. The summed E-state index contributed by atoms with van der Waals surface area (Å²) in [5.74, 6) is 0. The number of hydrogen-bond acceptors (Lipinski definition) is 6. The lowest BCUT2D eigenvalue weighted by Crippen LogP contribution is -2.54. The lowest BCUT2D eigenvalue weighted by molar-refractivity contribution is -0.147. The Morgan fingerprint density at radius 1 is 1.09 bits per heavy atom. The normalized spacial score (nSPS) is 23.1. The van der Waals surface area contributed by atoms with E-state index in [1.54, 1.807) is 0 Å². The fourth-order valence-electron chi connectivity index (χ4n) is 4.43. The van der Waals surface area contributed by atoms with Crippen molar-refractivity contribution in [3.05, 3.63) is 29.3 Å². The molecule has 1 aromatic rings. The summed E-state index contributed by atoms with van der Waals surface area (Å²) < 4.78 is 72.9. The van der Waals surface area contributed by atoms with Gasteiger partial charge in [0.25, 0.3) is 0 Å². The molecule has 2 atom stereocenters. The Morgan fingerprint density at radius 3 is 2.29 bits per heavy atom. The van der Waals surface area contributed by atoms with Crippen molar-refractivity contribution < 1.29 is 36.2 Å². The van der Waals surface area contributed by atoms with Crippen LogP contribution in [-0.2, 0) is 14.8 Å². The molecule has 2 fully saturated rings. The van der Waals surface area contributed by atoms with Gasteiger partial charge in [-0.15, -0.1) is 0 Å². The van der Waals surface area contributed by atoms with Gasteiger partial charge in [0.2, 0.25) is 10.0 Å². The number of alkyl halides is 3. The van der Waals surface area contributed by atoms with Gasteiger partial charge in [0.15, 0.2) is 0 Å². The molecule has 1 N–H and O–H groups in total. The lowest BCUT2D eigenvalue weighted by atomic mass is 9.96. The molecule has 0 bridgehead atoms. The maximum absolute atomic E-state index is 13.4. The fourth-order valence-corrected chi connectivity index (χ4v) is 6.41. The van der Waals surface area contributed by atoms with Crippen molar-refractivity contribution in [3.63, 3.8) is 0 Å². The largest absolute Gasteiger partial charge is 0.448 e. The van der Waals surface area contributed by atoms with E-state index in [-0.39, 0.29) is 31.0 Å². The molecular weight excluding hydrogens is 499 g/mol. The molecular formula is C21H29ClF3N3O5S. The molecule has 0 radical (unpaired) electrons. The van der Waals surface area contributed by atoms with Crippen LogP contribution in [0.5, 0.6) is 0 Å². The summed E-state index contributed by atoms with van der Waals surface area (Å²) in [6, 6.07) is 3.03. The van der Waals surface area contributed by atoms with Crippen LogP contribution in [0.25, 0.3) is 0 Å². The molecule has 34 heavy (non-hydrogen) atoms. The minimum Gasteiger partial charge on any atom is -0.448 e. The van der Waals surface area contributed by atoms with Crippen molar-refractivity contribution in [3.8, 4) is 0 Å². The predicted octanol–water partition coefficient (Wildman–Crippen LogP) is 2.95. The third-order valence-corrected chi connectivity index (χ3v) is 8.37. The molecule has 2 saturated heterocycles. The molecule has 1 aromatic carbocycles. The first-order valence-electron chi connectivity index (χ1n) is 11.1. The highest BCUT2D eigenvalue weighted by Crippen LogP contribution is 2.36. The Bertz CT molecular complexity index is 925. The van der Waals surface area contributed by atoms with Gasteiger partial charge in [-0.3, -0.25) is 4.90 Å². The van der Waals surface area contributed by atoms with E-state index in [1.165, 1.54) is 29.2 Å². The number of benzene rings is 1. The quantitative estimate of drug-likeness (QED) is 0.586. The average Bonchev–Trinajstić information content (AvgIpc) is 2.77. The van der Waals surface area contributed by atoms with Gasteiger partial charge < -0.3 is 14.7 Å². The van der Waals surface area contributed by atoms with Gasteiger partial charge in [0, 0.05) is 43.8 Å². The number of carbonyl (C=O) groups excluding carboxylic acids is 1. The van der Waals surface area contributed by atoms with E-state index < -0.39 is 40.8 Å². The molecule has 8 nitrogen and oxygen atoms in total. The third-order valence-electron chi connectivity index (χ3n) is 6.10. The fraction of sp³-hybridized carbons (Fsp3) is 0.667. The van der Waals surface area contributed by atoms with Crippen LogP contribution < -0.4 is 0 Å². The molecule has 192 valence electrons. The summed E-state index contributed by atoms with van der Waals surface area (Å²) in [7, 11) is -4.30. The van der Waals surface area contributed by atoms with Gasteiger partial charge in [-0.05, 0) is 37.1 Å². The Hall–Kier alpha value is -1.60. The molecule has 2 aliphatic rings. The van der Waals surface area contributed by atoms with E-state index in [4.69, 9.17) is 21.4 Å². The summed E-state index contributed by atoms with van der Waals surface area (Å²) in [5, 5.41) is 9.32. The Labute approximate surface area is 202 Å². The van der Waals surface area contributed by atoms with Crippen LogP contribution in [0.3, 0.4) is 0 Å². The van der Waals surface area contributed by atoms with Gasteiger partial charge in [-0.25, -0.2) is 13.2 Å². The number of nitrogens with zero attached hydrogens (tertiary/aromatic N) is 3. The number of hydrogen-bond donors (Lipinski definition) is 1. The number of ether oxygens (including phenoxy) is 1. The zero-order valence-electron chi connectivity index (χ0n) is 18.6. The lowest BCUT2D eigenvalue weighted by Gasteiger charge is -2.41. The summed E-state index contributed by atoms with van der Waals surface area (Å²) in [4.78, 5) is 15.9. The second-order valence-corrected chi connectivity index (χ2v) is 10.8. The Morgan fingerprint density at radius 2 is 1.71 bits per heavy atom. The van der Waals surface area contributed by atoms with Gasteiger partial charge in [-0.1, -0.05) is 18.0 Å². The van der Waals surface area contributed by atoms with Crippen LogP contribution in [0, 0.1) is 0 Å². The number of rotatable bonds is 7. The predicted molar refractivity (Wildman–Crippen MR) is 119 cm³/mol. The molecule has 1 amide bonds. The number of aliphatic hydroxyl groups is 1. The number of sulfonamides is 1. The van der Waals surface area contributed by atoms with E-state index in [0.717, 1.165) is 4.31 Å². The Balaban J connectivity index is 1.74. The molecule has 0 aliphatic carbocycles. The van der Waals surface area contributed by atoms with E-state index in [0.29, 0.717) is 44.2 Å². The number of halogens is 4. The first kappa shape index (κ1) is 27.0. The molecule has 13 heteroatoms.